The molecule has 0 radical (unpaired) electrons. The van der Waals surface area contributed by atoms with Crippen molar-refractivity contribution in [1.29, 1.82) is 0 Å². The van der Waals surface area contributed by atoms with Crippen LogP contribution in [0.5, 0.6) is 0 Å². The molecule has 0 unspecified atom stereocenters. The average molecular weight is 406 g/mol. The molecule has 2 aromatic carbocycles. The number of pyridine rings is 2. The molecule has 5 heteroatoms. The average Bonchev–Trinajstić information content (AvgIpc) is 3.36. The molecule has 3 aromatic heterocycles. The minimum atomic E-state index is 0.830. The van der Waals surface area contributed by atoms with Gasteiger partial charge in [0.25, 0.3) is 0 Å². The van der Waals surface area contributed by atoms with Crippen molar-refractivity contribution in [3.8, 4) is 22.4 Å². The summed E-state index contributed by atoms with van der Waals surface area (Å²) in [5.74, 6) is 0. The predicted octanol–water partition coefficient (Wildman–Crippen LogP) is 5.02. The lowest BCUT2D eigenvalue weighted by Crippen LogP contribution is -2.16. The van der Waals surface area contributed by atoms with Crippen molar-refractivity contribution in [2.24, 2.45) is 0 Å². The lowest BCUT2D eigenvalue weighted by molar-refractivity contribution is 0.681. The van der Waals surface area contributed by atoms with Gasteiger partial charge in [0.15, 0.2) is 0 Å². The first-order valence-corrected chi connectivity index (χ1v) is 10.4. The SMILES string of the molecule is c1ccc(-c2cc3cnccc3nc2-c2ccc(CNCCc3cnc[nH]3)cc2)cc1. The van der Waals surface area contributed by atoms with Gasteiger partial charge >= 0.3 is 0 Å². The molecule has 0 saturated heterocycles. The smallest absolute Gasteiger partial charge is 0.0921 e. The molecule has 5 aromatic rings. The Morgan fingerprint density at radius 2 is 1.71 bits per heavy atom. The van der Waals surface area contributed by atoms with Crippen molar-refractivity contribution in [1.82, 2.24) is 25.3 Å². The summed E-state index contributed by atoms with van der Waals surface area (Å²) in [6.45, 7) is 1.74. The summed E-state index contributed by atoms with van der Waals surface area (Å²) in [4.78, 5) is 16.4. The van der Waals surface area contributed by atoms with Gasteiger partial charge in [-0.15, -0.1) is 0 Å². The number of aromatic nitrogens is 4. The van der Waals surface area contributed by atoms with E-state index in [4.69, 9.17) is 4.98 Å². The Morgan fingerprint density at radius 3 is 2.52 bits per heavy atom. The standard InChI is InChI=1S/C26H23N5/c1-2-4-20(5-3-1)24-14-22-16-28-13-11-25(22)31-26(24)21-8-6-19(7-9-21)15-27-12-10-23-17-29-18-30-23/h1-9,11,13-14,16-18,27H,10,12,15H2,(H,29,30). The number of nitrogens with one attached hydrogen (secondary N) is 2. The molecular formula is C26H23N5. The van der Waals surface area contributed by atoms with E-state index in [0.717, 1.165) is 58.5 Å². The van der Waals surface area contributed by atoms with E-state index in [1.807, 2.05) is 24.5 Å². The Balaban J connectivity index is 1.39. The van der Waals surface area contributed by atoms with E-state index in [9.17, 15) is 0 Å². The fraction of sp³-hybridized carbons (Fsp3) is 0.115. The minimum absolute atomic E-state index is 0.830. The van der Waals surface area contributed by atoms with Crippen molar-refractivity contribution in [2.45, 2.75) is 13.0 Å². The Hall–Kier alpha value is -3.83. The first-order valence-electron chi connectivity index (χ1n) is 10.4. The summed E-state index contributed by atoms with van der Waals surface area (Å²) in [6.07, 6.45) is 8.19. The van der Waals surface area contributed by atoms with Gasteiger partial charge in [-0.05, 0) is 23.3 Å². The van der Waals surface area contributed by atoms with Crippen LogP contribution in [0.4, 0.5) is 0 Å². The number of rotatable bonds is 7. The van der Waals surface area contributed by atoms with Crippen LogP contribution >= 0.6 is 0 Å². The van der Waals surface area contributed by atoms with Crippen LogP contribution in [-0.4, -0.2) is 26.5 Å². The number of fused-ring (bicyclic) bond motifs is 1. The number of hydrogen-bond acceptors (Lipinski definition) is 4. The van der Waals surface area contributed by atoms with Gasteiger partial charge in [-0.25, -0.2) is 9.97 Å². The number of benzene rings is 2. The zero-order valence-corrected chi connectivity index (χ0v) is 17.1. The monoisotopic (exact) mass is 405 g/mol. The highest BCUT2D eigenvalue weighted by Crippen LogP contribution is 2.33. The van der Waals surface area contributed by atoms with Crippen LogP contribution in [0.25, 0.3) is 33.3 Å². The van der Waals surface area contributed by atoms with Crippen LogP contribution in [0.15, 0.2) is 91.6 Å². The van der Waals surface area contributed by atoms with Crippen LogP contribution in [0, 0.1) is 0 Å². The van der Waals surface area contributed by atoms with Gasteiger partial charge in [0.1, 0.15) is 0 Å². The summed E-state index contributed by atoms with van der Waals surface area (Å²) >= 11 is 0. The summed E-state index contributed by atoms with van der Waals surface area (Å²) in [7, 11) is 0. The first kappa shape index (κ1) is 19.2. The zero-order chi connectivity index (χ0) is 20.9. The zero-order valence-electron chi connectivity index (χ0n) is 17.1. The van der Waals surface area contributed by atoms with Crippen molar-refractivity contribution >= 4 is 10.9 Å². The predicted molar refractivity (Wildman–Crippen MR) is 124 cm³/mol. The van der Waals surface area contributed by atoms with Crippen molar-refractivity contribution < 1.29 is 0 Å². The van der Waals surface area contributed by atoms with E-state index >= 15 is 0 Å². The van der Waals surface area contributed by atoms with Crippen LogP contribution in [0.3, 0.4) is 0 Å². The van der Waals surface area contributed by atoms with Gasteiger partial charge in [-0.3, -0.25) is 4.98 Å². The lowest BCUT2D eigenvalue weighted by Gasteiger charge is -2.12. The largest absolute Gasteiger partial charge is 0.348 e. The van der Waals surface area contributed by atoms with E-state index < -0.39 is 0 Å². The van der Waals surface area contributed by atoms with Gasteiger partial charge < -0.3 is 10.3 Å². The molecule has 0 aliphatic rings. The van der Waals surface area contributed by atoms with Crippen molar-refractivity contribution in [3.63, 3.8) is 0 Å². The highest BCUT2D eigenvalue weighted by molar-refractivity contribution is 5.91. The molecule has 0 saturated carbocycles. The van der Waals surface area contributed by atoms with Gasteiger partial charge in [0.2, 0.25) is 0 Å². The van der Waals surface area contributed by atoms with E-state index in [-0.39, 0.29) is 0 Å². The highest BCUT2D eigenvalue weighted by Gasteiger charge is 2.11. The third kappa shape index (κ3) is 4.37. The Morgan fingerprint density at radius 1 is 0.839 bits per heavy atom. The molecule has 2 N–H and O–H groups in total. The number of nitrogens with zero attached hydrogens (tertiary/aromatic N) is 3. The molecule has 0 aliphatic heterocycles. The quantitative estimate of drug-likeness (QED) is 0.373. The molecule has 0 spiro atoms. The first-order chi connectivity index (χ1) is 15.4. The van der Waals surface area contributed by atoms with Crippen LogP contribution in [0.1, 0.15) is 11.3 Å². The fourth-order valence-corrected chi connectivity index (χ4v) is 3.73. The van der Waals surface area contributed by atoms with Crippen LogP contribution < -0.4 is 5.32 Å². The minimum Gasteiger partial charge on any atom is -0.348 e. The molecule has 0 atom stereocenters. The maximum absolute atomic E-state index is 4.99. The highest BCUT2D eigenvalue weighted by atomic mass is 14.9. The second-order valence-electron chi connectivity index (χ2n) is 7.52. The molecule has 3 heterocycles. The van der Waals surface area contributed by atoms with Crippen molar-refractivity contribution in [2.75, 3.05) is 6.54 Å². The Labute approximate surface area is 181 Å². The molecule has 5 nitrogen and oxygen atoms in total. The van der Waals surface area contributed by atoms with Crippen LogP contribution in [0.2, 0.25) is 0 Å². The summed E-state index contributed by atoms with van der Waals surface area (Å²) in [6, 6.07) is 23.2. The number of aromatic amines is 1. The second kappa shape index (κ2) is 8.90. The van der Waals surface area contributed by atoms with Crippen molar-refractivity contribution in [3.05, 3.63) is 103 Å². The molecule has 0 bridgehead atoms. The Kier molecular flexibility index (Phi) is 5.50. The molecular weight excluding hydrogens is 382 g/mol. The number of hydrogen-bond donors (Lipinski definition) is 2. The van der Waals surface area contributed by atoms with Gasteiger partial charge in [0, 0.05) is 60.3 Å². The normalized spacial score (nSPS) is 11.1. The number of imidazole rings is 1. The summed E-state index contributed by atoms with van der Waals surface area (Å²) in [5, 5.41) is 4.53. The molecule has 31 heavy (non-hydrogen) atoms. The number of H-pyrrole nitrogens is 1. The maximum Gasteiger partial charge on any atom is 0.0921 e. The lowest BCUT2D eigenvalue weighted by atomic mass is 9.97. The molecule has 152 valence electrons. The molecule has 5 rings (SSSR count). The van der Waals surface area contributed by atoms with E-state index in [1.165, 1.54) is 5.56 Å². The van der Waals surface area contributed by atoms with Crippen LogP contribution in [-0.2, 0) is 13.0 Å². The molecule has 0 aliphatic carbocycles. The fourth-order valence-electron chi connectivity index (χ4n) is 3.73. The maximum atomic E-state index is 4.99. The summed E-state index contributed by atoms with van der Waals surface area (Å²) in [5.41, 5.74) is 7.72. The van der Waals surface area contributed by atoms with E-state index in [2.05, 4.69) is 74.9 Å². The van der Waals surface area contributed by atoms with Gasteiger partial charge in [0.05, 0.1) is 17.5 Å². The third-order valence-corrected chi connectivity index (χ3v) is 5.38. The Bertz CT molecular complexity index is 1260. The molecule has 0 amide bonds. The second-order valence-corrected chi connectivity index (χ2v) is 7.52. The topological polar surface area (TPSA) is 66.5 Å². The third-order valence-electron chi connectivity index (χ3n) is 5.38. The van der Waals surface area contributed by atoms with E-state index in [0.29, 0.717) is 0 Å². The summed E-state index contributed by atoms with van der Waals surface area (Å²) < 4.78 is 0. The molecule has 0 fully saturated rings. The van der Waals surface area contributed by atoms with Gasteiger partial charge in [-0.1, -0.05) is 54.6 Å². The van der Waals surface area contributed by atoms with E-state index in [1.54, 1.807) is 12.5 Å². The van der Waals surface area contributed by atoms with Gasteiger partial charge in [-0.2, -0.15) is 0 Å².